The Kier molecular flexibility index (Phi) is 8.99. The number of carbonyl (C=O) groups excluding carboxylic acids is 1. The van der Waals surface area contributed by atoms with Crippen LogP contribution in [0.1, 0.15) is 39.5 Å². The number of likely N-dealkylation sites (N-methyl/N-ethyl adjacent to an activating group) is 1. The minimum atomic E-state index is 0.152. The van der Waals surface area contributed by atoms with Crippen LogP contribution in [0.2, 0.25) is 0 Å². The molecule has 134 valence electrons. The Bertz CT molecular complexity index is 377. The van der Waals surface area contributed by atoms with Crippen molar-refractivity contribution >= 4 is 11.9 Å². The van der Waals surface area contributed by atoms with Crippen LogP contribution in [0.15, 0.2) is 4.99 Å². The maximum atomic E-state index is 11.5. The molecule has 1 unspecified atom stereocenters. The molecule has 6 heteroatoms. The summed E-state index contributed by atoms with van der Waals surface area (Å²) >= 11 is 0. The summed E-state index contributed by atoms with van der Waals surface area (Å²) in [6.45, 7) is 8.35. The third-order valence-electron chi connectivity index (χ3n) is 4.97. The maximum Gasteiger partial charge on any atom is 0.220 e. The Morgan fingerprint density at radius 2 is 2.04 bits per heavy atom. The van der Waals surface area contributed by atoms with Gasteiger partial charge in [0.2, 0.25) is 5.91 Å². The molecule has 23 heavy (non-hydrogen) atoms. The Morgan fingerprint density at radius 3 is 2.57 bits per heavy atom. The molecule has 6 nitrogen and oxygen atoms in total. The number of aliphatic imine (C=N–C) groups is 1. The van der Waals surface area contributed by atoms with Gasteiger partial charge in [0, 0.05) is 52.7 Å². The van der Waals surface area contributed by atoms with Crippen LogP contribution in [0, 0.1) is 5.92 Å². The number of nitrogens with zero attached hydrogens (tertiary/aromatic N) is 3. The number of carbonyl (C=O) groups is 1. The van der Waals surface area contributed by atoms with E-state index in [1.54, 1.807) is 7.05 Å². The number of hydrogen-bond acceptors (Lipinski definition) is 3. The van der Waals surface area contributed by atoms with E-state index < -0.39 is 0 Å². The zero-order valence-electron chi connectivity index (χ0n) is 15.6. The second-order valence-electron chi connectivity index (χ2n) is 6.52. The van der Waals surface area contributed by atoms with Crippen LogP contribution in [0.3, 0.4) is 0 Å². The molecule has 0 saturated carbocycles. The fourth-order valence-corrected chi connectivity index (χ4v) is 2.92. The molecule has 1 heterocycles. The Balaban J connectivity index is 2.33. The molecular weight excluding hydrogens is 290 g/mol. The summed E-state index contributed by atoms with van der Waals surface area (Å²) in [4.78, 5) is 20.6. The molecule has 1 aliphatic heterocycles. The lowest BCUT2D eigenvalue weighted by Crippen LogP contribution is -2.48. The van der Waals surface area contributed by atoms with Gasteiger partial charge < -0.3 is 20.4 Å². The SMILES string of the molecule is CCC(C)N(C)CCNC(=NC)N1CCC(CC(=O)NC)CC1. The van der Waals surface area contributed by atoms with E-state index in [4.69, 9.17) is 0 Å². The van der Waals surface area contributed by atoms with E-state index in [-0.39, 0.29) is 5.91 Å². The van der Waals surface area contributed by atoms with Gasteiger partial charge in [-0.05, 0) is 39.2 Å². The second-order valence-corrected chi connectivity index (χ2v) is 6.52. The van der Waals surface area contributed by atoms with Crippen LogP contribution in [0.5, 0.6) is 0 Å². The number of amides is 1. The summed E-state index contributed by atoms with van der Waals surface area (Å²) in [5.74, 6) is 1.64. The first kappa shape index (κ1) is 19.7. The van der Waals surface area contributed by atoms with Gasteiger partial charge in [-0.3, -0.25) is 9.79 Å². The predicted molar refractivity (Wildman–Crippen MR) is 96.7 cm³/mol. The Hall–Kier alpha value is -1.30. The smallest absolute Gasteiger partial charge is 0.220 e. The highest BCUT2D eigenvalue weighted by atomic mass is 16.1. The fourth-order valence-electron chi connectivity index (χ4n) is 2.92. The number of hydrogen-bond donors (Lipinski definition) is 2. The van der Waals surface area contributed by atoms with Crippen molar-refractivity contribution in [3.05, 3.63) is 0 Å². The molecule has 2 N–H and O–H groups in total. The van der Waals surface area contributed by atoms with Crippen LogP contribution >= 0.6 is 0 Å². The maximum absolute atomic E-state index is 11.5. The first-order valence-corrected chi connectivity index (χ1v) is 8.88. The number of rotatable bonds is 7. The molecule has 0 aromatic heterocycles. The first-order chi connectivity index (χ1) is 11.0. The van der Waals surface area contributed by atoms with Crippen LogP contribution < -0.4 is 10.6 Å². The van der Waals surface area contributed by atoms with Gasteiger partial charge in [0.25, 0.3) is 0 Å². The third-order valence-corrected chi connectivity index (χ3v) is 4.97. The van der Waals surface area contributed by atoms with Crippen LogP contribution in [-0.2, 0) is 4.79 Å². The molecule has 0 spiro atoms. The van der Waals surface area contributed by atoms with Gasteiger partial charge in [-0.15, -0.1) is 0 Å². The van der Waals surface area contributed by atoms with Gasteiger partial charge in [0.05, 0.1) is 0 Å². The van der Waals surface area contributed by atoms with E-state index in [2.05, 4.69) is 46.3 Å². The number of nitrogens with one attached hydrogen (secondary N) is 2. The van der Waals surface area contributed by atoms with Gasteiger partial charge in [0.15, 0.2) is 5.96 Å². The monoisotopic (exact) mass is 325 g/mol. The zero-order valence-corrected chi connectivity index (χ0v) is 15.6. The highest BCUT2D eigenvalue weighted by molar-refractivity contribution is 5.80. The van der Waals surface area contributed by atoms with Gasteiger partial charge in [0.1, 0.15) is 0 Å². The minimum absolute atomic E-state index is 0.152. The van der Waals surface area contributed by atoms with Crippen LogP contribution in [-0.4, -0.2) is 75.0 Å². The Morgan fingerprint density at radius 1 is 1.39 bits per heavy atom. The van der Waals surface area contributed by atoms with E-state index in [0.29, 0.717) is 18.4 Å². The molecule has 0 aromatic carbocycles. The summed E-state index contributed by atoms with van der Waals surface area (Å²) in [7, 11) is 5.72. The zero-order chi connectivity index (χ0) is 17.2. The van der Waals surface area contributed by atoms with Crippen molar-refractivity contribution in [2.24, 2.45) is 10.9 Å². The normalized spacial score (nSPS) is 18.2. The van der Waals surface area contributed by atoms with Crippen LogP contribution in [0.4, 0.5) is 0 Å². The quantitative estimate of drug-likeness (QED) is 0.544. The van der Waals surface area contributed by atoms with E-state index in [9.17, 15) is 4.79 Å². The average molecular weight is 326 g/mol. The van der Waals surface area contributed by atoms with Gasteiger partial charge >= 0.3 is 0 Å². The third kappa shape index (κ3) is 6.77. The van der Waals surface area contributed by atoms with Crippen molar-refractivity contribution in [1.82, 2.24) is 20.4 Å². The van der Waals surface area contributed by atoms with E-state index in [1.807, 2.05) is 7.05 Å². The highest BCUT2D eigenvalue weighted by Crippen LogP contribution is 2.20. The minimum Gasteiger partial charge on any atom is -0.359 e. The van der Waals surface area contributed by atoms with E-state index in [0.717, 1.165) is 45.0 Å². The van der Waals surface area contributed by atoms with Crippen molar-refractivity contribution in [3.8, 4) is 0 Å². The molecule has 1 fully saturated rings. The number of guanidine groups is 1. The molecule has 0 radical (unpaired) electrons. The molecule has 0 bridgehead atoms. The summed E-state index contributed by atoms with van der Waals surface area (Å²) in [6, 6.07) is 0.610. The van der Waals surface area contributed by atoms with Gasteiger partial charge in [-0.2, -0.15) is 0 Å². The van der Waals surface area contributed by atoms with Crippen LogP contribution in [0.25, 0.3) is 0 Å². The predicted octanol–water partition coefficient (Wildman–Crippen LogP) is 1.14. The number of piperidine rings is 1. The molecule has 0 aromatic rings. The second kappa shape index (κ2) is 10.5. The summed E-state index contributed by atoms with van der Waals surface area (Å²) < 4.78 is 0. The standard InChI is InChI=1S/C17H35N5O/c1-6-14(2)21(5)12-9-20-17(19-4)22-10-7-15(8-11-22)13-16(23)18-3/h14-15H,6-13H2,1-5H3,(H,18,23)(H,19,20). The summed E-state index contributed by atoms with van der Waals surface area (Å²) in [6.07, 6.45) is 3.93. The lowest BCUT2D eigenvalue weighted by atomic mass is 9.93. The number of likely N-dealkylation sites (tertiary alicyclic amines) is 1. The van der Waals surface area contributed by atoms with Crippen molar-refractivity contribution < 1.29 is 4.79 Å². The fraction of sp³-hybridized carbons (Fsp3) is 0.882. The molecule has 1 amide bonds. The molecule has 1 aliphatic rings. The van der Waals surface area contributed by atoms with E-state index >= 15 is 0 Å². The highest BCUT2D eigenvalue weighted by Gasteiger charge is 2.23. The molecule has 0 aliphatic carbocycles. The van der Waals surface area contributed by atoms with Crippen molar-refractivity contribution in [1.29, 1.82) is 0 Å². The molecule has 1 saturated heterocycles. The van der Waals surface area contributed by atoms with Crippen molar-refractivity contribution in [2.75, 3.05) is 47.3 Å². The summed E-state index contributed by atoms with van der Waals surface area (Å²) in [5.41, 5.74) is 0. The van der Waals surface area contributed by atoms with E-state index in [1.165, 1.54) is 6.42 Å². The average Bonchev–Trinajstić information content (AvgIpc) is 2.58. The van der Waals surface area contributed by atoms with Gasteiger partial charge in [-0.25, -0.2) is 0 Å². The lowest BCUT2D eigenvalue weighted by molar-refractivity contribution is -0.121. The van der Waals surface area contributed by atoms with Crippen molar-refractivity contribution in [3.63, 3.8) is 0 Å². The molecule has 1 atom stereocenters. The Labute approximate surface area is 141 Å². The van der Waals surface area contributed by atoms with Gasteiger partial charge in [-0.1, -0.05) is 6.92 Å². The first-order valence-electron chi connectivity index (χ1n) is 8.88. The topological polar surface area (TPSA) is 60.0 Å². The molecule has 1 rings (SSSR count). The lowest BCUT2D eigenvalue weighted by Gasteiger charge is -2.34. The van der Waals surface area contributed by atoms with Crippen molar-refractivity contribution in [2.45, 2.75) is 45.6 Å². The summed E-state index contributed by atoms with van der Waals surface area (Å²) in [5, 5.41) is 6.19. The largest absolute Gasteiger partial charge is 0.359 e. The molecular formula is C17H35N5O.